The van der Waals surface area contributed by atoms with E-state index < -0.39 is 49.5 Å². The standard InChI is InChI=1S/C59H101NO10/c1-3-5-7-9-11-13-15-17-23-27-31-35-39-43-47-55(64)68-48-44-40-36-32-28-24-20-18-19-22-26-30-34-38-42-46-54(63)60-51(50-69-59-58(67)57(66)56(65)53(49-61)70-59)52(62)45-41-37-33-29-25-21-16-14-12-10-8-6-4-2/h9,11-12,14-15,17-18,20,24-25,28-29,41,45,51-53,56-59,61-62,65-67H,3-8,10,13,16,19,21-23,26-27,30-40,42-44,46-50H2,1-2H3,(H,60,63)/b11-9-,14-12+,17-15-,20-18-,28-24-,29-25+,45-41+. The monoisotopic (exact) mass is 984 g/mol. The molecule has 0 aromatic heterocycles. The van der Waals surface area contributed by atoms with Crippen LogP contribution in [0.5, 0.6) is 0 Å². The summed E-state index contributed by atoms with van der Waals surface area (Å²) in [5.74, 6) is -0.282. The summed E-state index contributed by atoms with van der Waals surface area (Å²) in [6.07, 6.45) is 53.7. The maximum absolute atomic E-state index is 13.0. The van der Waals surface area contributed by atoms with E-state index in [9.17, 15) is 35.1 Å². The smallest absolute Gasteiger partial charge is 0.305 e. The zero-order chi connectivity index (χ0) is 51.0. The molecule has 1 fully saturated rings. The van der Waals surface area contributed by atoms with E-state index in [1.54, 1.807) is 6.08 Å². The minimum Gasteiger partial charge on any atom is -0.466 e. The Morgan fingerprint density at radius 2 is 1.03 bits per heavy atom. The first-order valence-corrected chi connectivity index (χ1v) is 27.9. The molecule has 1 amide bonds. The van der Waals surface area contributed by atoms with Gasteiger partial charge in [-0.05, 0) is 116 Å². The molecule has 0 aromatic rings. The Labute approximate surface area is 425 Å². The molecule has 7 atom stereocenters. The van der Waals surface area contributed by atoms with E-state index in [1.807, 2.05) is 6.08 Å². The maximum Gasteiger partial charge on any atom is 0.305 e. The molecule has 1 heterocycles. The molecule has 1 rings (SSSR count). The van der Waals surface area contributed by atoms with Crippen molar-refractivity contribution in [1.29, 1.82) is 0 Å². The highest BCUT2D eigenvalue weighted by molar-refractivity contribution is 5.76. The molecule has 0 bridgehead atoms. The van der Waals surface area contributed by atoms with Gasteiger partial charge in [0.2, 0.25) is 5.91 Å². The molecule has 1 saturated heterocycles. The van der Waals surface area contributed by atoms with Gasteiger partial charge in [-0.15, -0.1) is 0 Å². The number of carbonyl (C=O) groups excluding carboxylic acids is 2. The lowest BCUT2D eigenvalue weighted by Gasteiger charge is -2.40. The largest absolute Gasteiger partial charge is 0.466 e. The summed E-state index contributed by atoms with van der Waals surface area (Å²) in [7, 11) is 0. The lowest BCUT2D eigenvalue weighted by Crippen LogP contribution is -2.60. The third-order valence-corrected chi connectivity index (χ3v) is 12.5. The summed E-state index contributed by atoms with van der Waals surface area (Å²) in [6, 6.07) is -0.854. The topological polar surface area (TPSA) is 175 Å². The summed E-state index contributed by atoms with van der Waals surface area (Å²) in [5, 5.41) is 54.2. The van der Waals surface area contributed by atoms with E-state index in [0.717, 1.165) is 116 Å². The first-order valence-electron chi connectivity index (χ1n) is 27.9. The van der Waals surface area contributed by atoms with Gasteiger partial charge in [0.25, 0.3) is 0 Å². The summed E-state index contributed by atoms with van der Waals surface area (Å²) < 4.78 is 16.6. The van der Waals surface area contributed by atoms with Gasteiger partial charge in [-0.1, -0.05) is 170 Å². The van der Waals surface area contributed by atoms with Gasteiger partial charge in [0, 0.05) is 12.8 Å². The van der Waals surface area contributed by atoms with Crippen LogP contribution in [-0.2, 0) is 23.8 Å². The van der Waals surface area contributed by atoms with Crippen LogP contribution >= 0.6 is 0 Å². The molecule has 0 aromatic carbocycles. The predicted octanol–water partition coefficient (Wildman–Crippen LogP) is 12.2. The van der Waals surface area contributed by atoms with Gasteiger partial charge in [-0.25, -0.2) is 0 Å². The zero-order valence-corrected chi connectivity index (χ0v) is 43.9. The average Bonchev–Trinajstić information content (AvgIpc) is 3.36. The van der Waals surface area contributed by atoms with Crippen LogP contribution in [0, 0.1) is 0 Å². The number of allylic oxidation sites excluding steroid dienone is 13. The van der Waals surface area contributed by atoms with Gasteiger partial charge >= 0.3 is 5.97 Å². The number of esters is 1. The number of nitrogens with one attached hydrogen (secondary N) is 1. The molecule has 0 radical (unpaired) electrons. The molecule has 7 unspecified atom stereocenters. The number of hydrogen-bond donors (Lipinski definition) is 6. The second-order valence-electron chi connectivity index (χ2n) is 18.9. The van der Waals surface area contributed by atoms with Crippen LogP contribution in [0.4, 0.5) is 0 Å². The van der Waals surface area contributed by atoms with E-state index in [1.165, 1.54) is 57.8 Å². The second-order valence-corrected chi connectivity index (χ2v) is 18.9. The number of ether oxygens (including phenoxy) is 3. The van der Waals surface area contributed by atoms with Crippen LogP contribution in [0.1, 0.15) is 213 Å². The van der Waals surface area contributed by atoms with Gasteiger partial charge < -0.3 is 45.1 Å². The van der Waals surface area contributed by atoms with Crippen molar-refractivity contribution in [3.8, 4) is 0 Å². The first-order chi connectivity index (χ1) is 34.2. The van der Waals surface area contributed by atoms with Crippen LogP contribution in [0.2, 0.25) is 0 Å². The highest BCUT2D eigenvalue weighted by atomic mass is 16.7. The Morgan fingerprint density at radius 3 is 1.63 bits per heavy atom. The quantitative estimate of drug-likeness (QED) is 0.0149. The van der Waals surface area contributed by atoms with Crippen molar-refractivity contribution in [3.63, 3.8) is 0 Å². The van der Waals surface area contributed by atoms with Gasteiger partial charge in [0.1, 0.15) is 24.4 Å². The Kier molecular flexibility index (Phi) is 44.6. The number of carbonyl (C=O) groups is 2. The fourth-order valence-electron chi connectivity index (χ4n) is 7.94. The van der Waals surface area contributed by atoms with Gasteiger partial charge in [-0.3, -0.25) is 9.59 Å². The minimum atomic E-state index is -1.59. The Hall–Kier alpha value is -3.16. The molecule has 402 valence electrons. The molecule has 11 nitrogen and oxygen atoms in total. The number of rotatable bonds is 46. The summed E-state index contributed by atoms with van der Waals surface area (Å²) in [4.78, 5) is 25.1. The maximum atomic E-state index is 13.0. The van der Waals surface area contributed by atoms with Gasteiger partial charge in [-0.2, -0.15) is 0 Å². The van der Waals surface area contributed by atoms with Crippen molar-refractivity contribution in [3.05, 3.63) is 85.1 Å². The molecular formula is C59H101NO10. The van der Waals surface area contributed by atoms with E-state index >= 15 is 0 Å². The Balaban J connectivity index is 2.20. The average molecular weight is 984 g/mol. The summed E-state index contributed by atoms with van der Waals surface area (Å²) in [6.45, 7) is 4.14. The van der Waals surface area contributed by atoms with E-state index in [-0.39, 0.29) is 18.5 Å². The van der Waals surface area contributed by atoms with Crippen LogP contribution < -0.4 is 5.32 Å². The molecule has 1 aliphatic rings. The number of hydrogen-bond acceptors (Lipinski definition) is 10. The highest BCUT2D eigenvalue weighted by Crippen LogP contribution is 2.22. The van der Waals surface area contributed by atoms with E-state index in [2.05, 4.69) is 92.1 Å². The SMILES string of the molecule is CCCC/C=C\C/C=C\CCCCCCCC(=O)OCCCCC/C=C\C=C/CCCCCCCCC(=O)NC(COC1OC(CO)C(O)C(O)C1O)C(O)/C=C/CC/C=C/CC/C=C/CCCCC. The van der Waals surface area contributed by atoms with Crippen molar-refractivity contribution >= 4 is 11.9 Å². The van der Waals surface area contributed by atoms with Crippen LogP contribution in [-0.4, -0.2) is 100 Å². The van der Waals surface area contributed by atoms with Crippen LogP contribution in [0.25, 0.3) is 0 Å². The fourth-order valence-corrected chi connectivity index (χ4v) is 7.94. The van der Waals surface area contributed by atoms with Crippen LogP contribution in [0.15, 0.2) is 85.1 Å². The fraction of sp³-hybridized carbons (Fsp3) is 0.729. The van der Waals surface area contributed by atoms with E-state index in [0.29, 0.717) is 32.3 Å². The summed E-state index contributed by atoms with van der Waals surface area (Å²) >= 11 is 0. The summed E-state index contributed by atoms with van der Waals surface area (Å²) in [5.41, 5.74) is 0. The Bertz CT molecular complexity index is 1440. The van der Waals surface area contributed by atoms with Crippen molar-refractivity contribution in [1.82, 2.24) is 5.32 Å². The molecule has 1 aliphatic heterocycles. The van der Waals surface area contributed by atoms with Crippen molar-refractivity contribution in [2.75, 3.05) is 19.8 Å². The highest BCUT2D eigenvalue weighted by Gasteiger charge is 2.44. The number of unbranched alkanes of at least 4 members (excludes halogenated alkanes) is 21. The lowest BCUT2D eigenvalue weighted by molar-refractivity contribution is -0.302. The lowest BCUT2D eigenvalue weighted by atomic mass is 9.99. The van der Waals surface area contributed by atoms with Crippen molar-refractivity contribution in [2.45, 2.75) is 256 Å². The molecule has 0 spiro atoms. The third-order valence-electron chi connectivity index (χ3n) is 12.5. The van der Waals surface area contributed by atoms with Gasteiger partial charge in [0.15, 0.2) is 6.29 Å². The van der Waals surface area contributed by atoms with E-state index in [4.69, 9.17) is 14.2 Å². The molecule has 11 heteroatoms. The third kappa shape index (κ3) is 37.6. The number of aliphatic hydroxyl groups excluding tert-OH is 5. The number of aliphatic hydroxyl groups is 5. The normalized spacial score (nSPS) is 19.9. The number of amides is 1. The van der Waals surface area contributed by atoms with Crippen LogP contribution in [0.3, 0.4) is 0 Å². The Morgan fingerprint density at radius 1 is 0.543 bits per heavy atom. The second kappa shape index (κ2) is 48.1. The molecule has 0 saturated carbocycles. The zero-order valence-electron chi connectivity index (χ0n) is 43.9. The molecular weight excluding hydrogens is 883 g/mol. The predicted molar refractivity (Wildman–Crippen MR) is 287 cm³/mol. The van der Waals surface area contributed by atoms with Crippen molar-refractivity contribution < 1.29 is 49.3 Å². The minimum absolute atomic E-state index is 0.0586. The first kappa shape index (κ1) is 64.9. The molecule has 6 N–H and O–H groups in total. The van der Waals surface area contributed by atoms with Crippen molar-refractivity contribution in [2.24, 2.45) is 0 Å². The molecule has 0 aliphatic carbocycles. The van der Waals surface area contributed by atoms with Gasteiger partial charge in [0.05, 0.1) is 32.0 Å². The molecule has 70 heavy (non-hydrogen) atoms.